The van der Waals surface area contributed by atoms with Gasteiger partial charge < -0.3 is 9.64 Å². The molecule has 1 saturated heterocycles. The van der Waals surface area contributed by atoms with Gasteiger partial charge in [0.15, 0.2) is 0 Å². The lowest BCUT2D eigenvalue weighted by atomic mass is 9.97. The van der Waals surface area contributed by atoms with Gasteiger partial charge in [0.1, 0.15) is 0 Å². The molecule has 1 aliphatic rings. The lowest BCUT2D eigenvalue weighted by molar-refractivity contribution is -0.147. The Kier molecular flexibility index (Phi) is 7.02. The van der Waals surface area contributed by atoms with Crippen LogP contribution in [0.3, 0.4) is 0 Å². The first kappa shape index (κ1) is 15.8. The van der Waals surface area contributed by atoms with E-state index >= 15 is 0 Å². The highest BCUT2D eigenvalue weighted by molar-refractivity contribution is 6.18. The van der Waals surface area contributed by atoms with Gasteiger partial charge in [-0.25, -0.2) is 0 Å². The molecular formula is C14H26ClNO2. The second-order valence-electron chi connectivity index (χ2n) is 5.21. The highest BCUT2D eigenvalue weighted by Gasteiger charge is 2.30. The zero-order valence-electron chi connectivity index (χ0n) is 11.8. The van der Waals surface area contributed by atoms with E-state index < -0.39 is 0 Å². The van der Waals surface area contributed by atoms with Crippen LogP contribution >= 0.6 is 11.6 Å². The molecule has 3 atom stereocenters. The molecule has 3 nitrogen and oxygen atoms in total. The number of amides is 1. The Balaban J connectivity index is 2.57. The number of rotatable bonds is 6. The van der Waals surface area contributed by atoms with Crippen molar-refractivity contribution in [1.29, 1.82) is 0 Å². The third-order valence-corrected chi connectivity index (χ3v) is 3.90. The van der Waals surface area contributed by atoms with E-state index in [0.717, 1.165) is 25.7 Å². The van der Waals surface area contributed by atoms with Crippen molar-refractivity contribution in [1.82, 2.24) is 4.90 Å². The zero-order chi connectivity index (χ0) is 13.5. The summed E-state index contributed by atoms with van der Waals surface area (Å²) in [5.74, 6) is 0.919. The Labute approximate surface area is 116 Å². The summed E-state index contributed by atoms with van der Waals surface area (Å²) in [6, 6.07) is 0. The van der Waals surface area contributed by atoms with Crippen LogP contribution in [0.2, 0.25) is 0 Å². The van der Waals surface area contributed by atoms with Crippen LogP contribution in [0.1, 0.15) is 46.5 Å². The maximum atomic E-state index is 12.5. The standard InChI is InChI=1S/C14H26ClNO2/c1-4-6-7-12(5-2)14(17)16-9-11(3)18-13(8-15)10-16/h11-13H,4-10H2,1-3H3. The summed E-state index contributed by atoms with van der Waals surface area (Å²) in [5, 5.41) is 0. The van der Waals surface area contributed by atoms with Crippen molar-refractivity contribution in [3.63, 3.8) is 0 Å². The molecule has 0 aromatic heterocycles. The summed E-state index contributed by atoms with van der Waals surface area (Å²) in [4.78, 5) is 14.4. The smallest absolute Gasteiger partial charge is 0.225 e. The Hall–Kier alpha value is -0.280. The Morgan fingerprint density at radius 1 is 1.44 bits per heavy atom. The molecule has 0 aromatic carbocycles. The number of ether oxygens (including phenoxy) is 1. The van der Waals surface area contributed by atoms with E-state index in [0.29, 0.717) is 19.0 Å². The Morgan fingerprint density at radius 3 is 2.72 bits per heavy atom. The fourth-order valence-electron chi connectivity index (χ4n) is 2.52. The Morgan fingerprint density at radius 2 is 2.17 bits per heavy atom. The highest BCUT2D eigenvalue weighted by Crippen LogP contribution is 2.20. The van der Waals surface area contributed by atoms with E-state index in [4.69, 9.17) is 16.3 Å². The molecule has 0 N–H and O–H groups in total. The normalized spacial score (nSPS) is 26.1. The summed E-state index contributed by atoms with van der Waals surface area (Å²) in [6.45, 7) is 7.62. The molecule has 0 radical (unpaired) electrons. The van der Waals surface area contributed by atoms with Gasteiger partial charge in [-0.05, 0) is 19.8 Å². The summed E-state index contributed by atoms with van der Waals surface area (Å²) < 4.78 is 5.68. The first-order valence-electron chi connectivity index (χ1n) is 7.12. The number of hydrogen-bond acceptors (Lipinski definition) is 2. The molecule has 1 fully saturated rings. The zero-order valence-corrected chi connectivity index (χ0v) is 12.6. The predicted molar refractivity (Wildman–Crippen MR) is 74.9 cm³/mol. The summed E-state index contributed by atoms with van der Waals surface area (Å²) in [5.41, 5.74) is 0. The van der Waals surface area contributed by atoms with Crippen LogP contribution in [0.5, 0.6) is 0 Å². The van der Waals surface area contributed by atoms with Gasteiger partial charge in [-0.3, -0.25) is 4.79 Å². The highest BCUT2D eigenvalue weighted by atomic mass is 35.5. The fraction of sp³-hybridized carbons (Fsp3) is 0.929. The first-order valence-corrected chi connectivity index (χ1v) is 7.65. The summed E-state index contributed by atoms with van der Waals surface area (Å²) >= 11 is 5.85. The lowest BCUT2D eigenvalue weighted by Crippen LogP contribution is -2.51. The van der Waals surface area contributed by atoms with Crippen LogP contribution in [-0.2, 0) is 9.53 Å². The van der Waals surface area contributed by atoms with Gasteiger partial charge in [-0.2, -0.15) is 0 Å². The molecule has 0 saturated carbocycles. The molecule has 106 valence electrons. The minimum Gasteiger partial charge on any atom is -0.370 e. The van der Waals surface area contributed by atoms with Crippen LogP contribution in [0.4, 0.5) is 0 Å². The first-order chi connectivity index (χ1) is 8.62. The van der Waals surface area contributed by atoms with E-state index in [9.17, 15) is 4.79 Å². The maximum Gasteiger partial charge on any atom is 0.225 e. The van der Waals surface area contributed by atoms with Crippen LogP contribution < -0.4 is 0 Å². The van der Waals surface area contributed by atoms with Crippen molar-refractivity contribution in [2.75, 3.05) is 19.0 Å². The number of unbranched alkanes of at least 4 members (excludes halogenated alkanes) is 1. The van der Waals surface area contributed by atoms with Crippen molar-refractivity contribution in [2.24, 2.45) is 5.92 Å². The molecular weight excluding hydrogens is 250 g/mol. The number of carbonyl (C=O) groups is 1. The minimum absolute atomic E-state index is 0.0111. The van der Waals surface area contributed by atoms with Crippen molar-refractivity contribution in [3.8, 4) is 0 Å². The van der Waals surface area contributed by atoms with E-state index in [1.54, 1.807) is 0 Å². The summed E-state index contributed by atoms with van der Waals surface area (Å²) in [7, 11) is 0. The minimum atomic E-state index is -0.0111. The molecule has 18 heavy (non-hydrogen) atoms. The van der Waals surface area contributed by atoms with Crippen LogP contribution in [-0.4, -0.2) is 42.0 Å². The van der Waals surface area contributed by atoms with Crippen molar-refractivity contribution >= 4 is 17.5 Å². The maximum absolute atomic E-state index is 12.5. The van der Waals surface area contributed by atoms with Gasteiger partial charge in [0.25, 0.3) is 0 Å². The van der Waals surface area contributed by atoms with E-state index in [1.165, 1.54) is 0 Å². The van der Waals surface area contributed by atoms with Gasteiger partial charge in [-0.15, -0.1) is 11.6 Å². The molecule has 1 rings (SSSR count). The molecule has 0 aliphatic carbocycles. The predicted octanol–water partition coefficient (Wildman–Crippen LogP) is 3.06. The van der Waals surface area contributed by atoms with Gasteiger partial charge in [0.05, 0.1) is 18.1 Å². The molecule has 3 unspecified atom stereocenters. The number of alkyl halides is 1. The molecule has 0 bridgehead atoms. The average Bonchev–Trinajstić information content (AvgIpc) is 2.38. The van der Waals surface area contributed by atoms with Crippen molar-refractivity contribution in [3.05, 3.63) is 0 Å². The second-order valence-corrected chi connectivity index (χ2v) is 5.52. The van der Waals surface area contributed by atoms with Crippen molar-refractivity contribution in [2.45, 2.75) is 58.7 Å². The number of hydrogen-bond donors (Lipinski definition) is 0. The third-order valence-electron chi connectivity index (χ3n) is 3.56. The Bertz CT molecular complexity index is 260. The number of halogens is 1. The number of morpholine rings is 1. The van der Waals surface area contributed by atoms with Crippen molar-refractivity contribution < 1.29 is 9.53 Å². The average molecular weight is 276 g/mol. The molecule has 1 heterocycles. The molecule has 1 amide bonds. The van der Waals surface area contributed by atoms with Gasteiger partial charge in [-0.1, -0.05) is 26.7 Å². The second kappa shape index (κ2) is 8.00. The molecule has 4 heteroatoms. The van der Waals surface area contributed by atoms with Gasteiger partial charge >= 0.3 is 0 Å². The fourth-order valence-corrected chi connectivity index (χ4v) is 2.69. The number of carbonyl (C=O) groups excluding carboxylic acids is 1. The molecule has 0 aromatic rings. The van der Waals surface area contributed by atoms with Crippen LogP contribution in [0, 0.1) is 5.92 Å². The summed E-state index contributed by atoms with van der Waals surface area (Å²) in [6.07, 6.45) is 4.29. The SMILES string of the molecule is CCCCC(CC)C(=O)N1CC(C)OC(CCl)C1. The van der Waals surface area contributed by atoms with Gasteiger partial charge in [0, 0.05) is 19.0 Å². The van der Waals surface area contributed by atoms with Gasteiger partial charge in [0.2, 0.25) is 5.91 Å². The number of nitrogens with zero attached hydrogens (tertiary/aromatic N) is 1. The molecule has 1 aliphatic heterocycles. The molecule has 0 spiro atoms. The van der Waals surface area contributed by atoms with E-state index in [-0.39, 0.29) is 24.0 Å². The largest absolute Gasteiger partial charge is 0.370 e. The van der Waals surface area contributed by atoms with E-state index in [2.05, 4.69) is 13.8 Å². The lowest BCUT2D eigenvalue weighted by Gasteiger charge is -2.37. The monoisotopic (exact) mass is 275 g/mol. The quantitative estimate of drug-likeness (QED) is 0.698. The van der Waals surface area contributed by atoms with E-state index in [1.807, 2.05) is 11.8 Å². The topological polar surface area (TPSA) is 29.5 Å². The van der Waals surface area contributed by atoms with Crippen LogP contribution in [0.25, 0.3) is 0 Å². The van der Waals surface area contributed by atoms with Crippen LogP contribution in [0.15, 0.2) is 0 Å². The third kappa shape index (κ3) is 4.43.